The van der Waals surface area contributed by atoms with Gasteiger partial charge in [-0.25, -0.2) is 4.98 Å². The van der Waals surface area contributed by atoms with E-state index >= 15 is 0 Å². The number of imidazole rings is 1. The topological polar surface area (TPSA) is 27.1 Å². The van der Waals surface area contributed by atoms with Crippen LogP contribution in [0.2, 0.25) is 0 Å². The summed E-state index contributed by atoms with van der Waals surface area (Å²) in [5.74, 6) is 2.13. The molecule has 0 aliphatic heterocycles. The Labute approximate surface area is 188 Å². The average Bonchev–Trinajstić information content (AvgIpc) is 3.22. The van der Waals surface area contributed by atoms with Crippen molar-refractivity contribution in [2.75, 3.05) is 7.11 Å². The average molecular weight is 419 g/mol. The zero-order valence-corrected chi connectivity index (χ0v) is 18.4. The van der Waals surface area contributed by atoms with E-state index in [2.05, 4.69) is 103 Å². The number of methoxy groups -OCH3 is 1. The minimum Gasteiger partial charge on any atom is -0.497 e. The minimum atomic E-state index is 0.166. The second kappa shape index (κ2) is 8.72. The summed E-state index contributed by atoms with van der Waals surface area (Å²) < 4.78 is 7.70. The molecule has 0 saturated heterocycles. The SMILES string of the molecule is COc1ccc2cc(C(C)c3nc4ccccc4n3C/C=C/c3ccccc3)ccc2c1. The first-order chi connectivity index (χ1) is 15.7. The smallest absolute Gasteiger partial charge is 0.119 e. The van der Waals surface area contributed by atoms with E-state index in [1.54, 1.807) is 7.11 Å². The molecule has 5 aromatic rings. The van der Waals surface area contributed by atoms with E-state index < -0.39 is 0 Å². The van der Waals surface area contributed by atoms with E-state index in [9.17, 15) is 0 Å². The molecule has 0 radical (unpaired) electrons. The first-order valence-corrected chi connectivity index (χ1v) is 11.0. The van der Waals surface area contributed by atoms with Gasteiger partial charge in [-0.1, -0.05) is 85.8 Å². The number of ether oxygens (including phenoxy) is 1. The van der Waals surface area contributed by atoms with Gasteiger partial charge in [-0.3, -0.25) is 0 Å². The minimum absolute atomic E-state index is 0.166. The Hall–Kier alpha value is -3.85. The molecule has 1 unspecified atom stereocenters. The van der Waals surface area contributed by atoms with Crippen molar-refractivity contribution in [2.24, 2.45) is 0 Å². The van der Waals surface area contributed by atoms with Gasteiger partial charge >= 0.3 is 0 Å². The lowest BCUT2D eigenvalue weighted by Crippen LogP contribution is -2.07. The van der Waals surface area contributed by atoms with Crippen LogP contribution in [0.25, 0.3) is 27.9 Å². The van der Waals surface area contributed by atoms with Crippen molar-refractivity contribution in [1.82, 2.24) is 9.55 Å². The molecular formula is C29H26N2O. The van der Waals surface area contributed by atoms with Gasteiger partial charge in [-0.2, -0.15) is 0 Å². The summed E-state index contributed by atoms with van der Waals surface area (Å²) in [7, 11) is 1.70. The Morgan fingerprint density at radius 1 is 0.875 bits per heavy atom. The summed E-state index contributed by atoms with van der Waals surface area (Å²) in [6.07, 6.45) is 4.39. The first kappa shape index (κ1) is 20.1. The van der Waals surface area contributed by atoms with Crippen molar-refractivity contribution in [1.29, 1.82) is 0 Å². The van der Waals surface area contributed by atoms with Crippen LogP contribution in [0.1, 0.15) is 29.8 Å². The van der Waals surface area contributed by atoms with E-state index in [0.717, 1.165) is 29.2 Å². The Balaban J connectivity index is 1.52. The molecule has 0 bridgehead atoms. The van der Waals surface area contributed by atoms with Crippen LogP contribution in [0, 0.1) is 0 Å². The zero-order chi connectivity index (χ0) is 21.9. The number of benzene rings is 4. The summed E-state index contributed by atoms with van der Waals surface area (Å²) >= 11 is 0. The van der Waals surface area contributed by atoms with Gasteiger partial charge in [-0.15, -0.1) is 0 Å². The fourth-order valence-electron chi connectivity index (χ4n) is 4.26. The van der Waals surface area contributed by atoms with Crippen LogP contribution in [0.5, 0.6) is 5.75 Å². The number of aromatic nitrogens is 2. The van der Waals surface area contributed by atoms with Crippen molar-refractivity contribution in [3.8, 4) is 5.75 Å². The summed E-state index contributed by atoms with van der Waals surface area (Å²) in [6.45, 7) is 3.02. The molecule has 158 valence electrons. The summed E-state index contributed by atoms with van der Waals surface area (Å²) in [6, 6.07) is 31.7. The maximum absolute atomic E-state index is 5.37. The van der Waals surface area contributed by atoms with Crippen molar-refractivity contribution < 1.29 is 4.74 Å². The molecule has 0 amide bonds. The van der Waals surface area contributed by atoms with Crippen LogP contribution < -0.4 is 4.74 Å². The Morgan fingerprint density at radius 3 is 2.47 bits per heavy atom. The van der Waals surface area contributed by atoms with Crippen LogP contribution >= 0.6 is 0 Å². The lowest BCUT2D eigenvalue weighted by molar-refractivity contribution is 0.415. The second-order valence-electron chi connectivity index (χ2n) is 8.08. The number of nitrogens with zero attached hydrogens (tertiary/aromatic N) is 2. The third-order valence-electron chi connectivity index (χ3n) is 6.04. The molecule has 1 aromatic heterocycles. The summed E-state index contributed by atoms with van der Waals surface area (Å²) in [5.41, 5.74) is 4.66. The standard InChI is InChI=1S/C29H26N2O/c1-21(23-14-15-25-20-26(32-2)17-16-24(25)19-23)29-30-27-12-6-7-13-28(27)31(29)18-8-11-22-9-4-3-5-10-22/h3-17,19-21H,18H2,1-2H3/b11-8+. The highest BCUT2D eigenvalue weighted by Gasteiger charge is 2.18. The molecule has 0 aliphatic carbocycles. The van der Waals surface area contributed by atoms with E-state index in [1.807, 2.05) is 12.1 Å². The van der Waals surface area contributed by atoms with Crippen LogP contribution in [0.15, 0.2) is 97.1 Å². The van der Waals surface area contributed by atoms with Gasteiger partial charge in [0.15, 0.2) is 0 Å². The third-order valence-corrected chi connectivity index (χ3v) is 6.04. The first-order valence-electron chi connectivity index (χ1n) is 11.0. The van der Waals surface area contributed by atoms with Crippen molar-refractivity contribution in [2.45, 2.75) is 19.4 Å². The molecule has 0 saturated carbocycles. The number of hydrogen-bond donors (Lipinski definition) is 0. The number of allylic oxidation sites excluding steroid dienone is 1. The van der Waals surface area contributed by atoms with Gasteiger partial charge in [0, 0.05) is 12.5 Å². The van der Waals surface area contributed by atoms with Crippen LogP contribution in [-0.2, 0) is 6.54 Å². The molecule has 4 aromatic carbocycles. The number of para-hydroxylation sites is 2. The quantitative estimate of drug-likeness (QED) is 0.295. The van der Waals surface area contributed by atoms with Gasteiger partial charge in [0.1, 0.15) is 11.6 Å². The lowest BCUT2D eigenvalue weighted by Gasteiger charge is -2.15. The molecule has 0 fully saturated rings. The molecule has 1 atom stereocenters. The summed E-state index contributed by atoms with van der Waals surface area (Å²) in [4.78, 5) is 5.03. The highest BCUT2D eigenvalue weighted by molar-refractivity contribution is 5.85. The highest BCUT2D eigenvalue weighted by Crippen LogP contribution is 2.30. The Bertz CT molecular complexity index is 1400. The van der Waals surface area contributed by atoms with E-state index in [0.29, 0.717) is 0 Å². The van der Waals surface area contributed by atoms with Gasteiger partial charge in [0.05, 0.1) is 18.1 Å². The van der Waals surface area contributed by atoms with Crippen LogP contribution in [0.4, 0.5) is 0 Å². The van der Waals surface area contributed by atoms with E-state index in [1.165, 1.54) is 21.9 Å². The van der Waals surface area contributed by atoms with Crippen molar-refractivity contribution >= 4 is 27.9 Å². The second-order valence-corrected chi connectivity index (χ2v) is 8.08. The van der Waals surface area contributed by atoms with Gasteiger partial charge < -0.3 is 9.30 Å². The monoisotopic (exact) mass is 418 g/mol. The van der Waals surface area contributed by atoms with Crippen molar-refractivity contribution in [3.63, 3.8) is 0 Å². The van der Waals surface area contributed by atoms with Gasteiger partial charge in [0.2, 0.25) is 0 Å². The molecule has 3 heteroatoms. The maximum Gasteiger partial charge on any atom is 0.119 e. The fourth-order valence-corrected chi connectivity index (χ4v) is 4.26. The predicted octanol–water partition coefficient (Wildman–Crippen LogP) is 7.06. The molecular weight excluding hydrogens is 392 g/mol. The molecule has 1 heterocycles. The third kappa shape index (κ3) is 3.90. The molecule has 0 aliphatic rings. The normalized spacial score (nSPS) is 12.6. The molecule has 32 heavy (non-hydrogen) atoms. The number of rotatable bonds is 6. The lowest BCUT2D eigenvalue weighted by atomic mass is 9.97. The Kier molecular flexibility index (Phi) is 5.47. The molecule has 3 nitrogen and oxygen atoms in total. The van der Waals surface area contributed by atoms with Gasteiger partial charge in [-0.05, 0) is 46.2 Å². The van der Waals surface area contributed by atoms with Crippen LogP contribution in [-0.4, -0.2) is 16.7 Å². The van der Waals surface area contributed by atoms with Gasteiger partial charge in [0.25, 0.3) is 0 Å². The maximum atomic E-state index is 5.37. The van der Waals surface area contributed by atoms with Crippen molar-refractivity contribution in [3.05, 3.63) is 114 Å². The van der Waals surface area contributed by atoms with E-state index in [-0.39, 0.29) is 5.92 Å². The largest absolute Gasteiger partial charge is 0.497 e. The molecule has 5 rings (SSSR count). The van der Waals surface area contributed by atoms with E-state index in [4.69, 9.17) is 9.72 Å². The Morgan fingerprint density at radius 2 is 1.62 bits per heavy atom. The van der Waals surface area contributed by atoms with Crippen LogP contribution in [0.3, 0.4) is 0 Å². The summed E-state index contributed by atoms with van der Waals surface area (Å²) in [5, 5.41) is 2.39. The number of hydrogen-bond acceptors (Lipinski definition) is 2. The predicted molar refractivity (Wildman–Crippen MR) is 133 cm³/mol. The zero-order valence-electron chi connectivity index (χ0n) is 18.4. The fraction of sp³-hybridized carbons (Fsp3) is 0.138. The molecule has 0 spiro atoms. The highest BCUT2D eigenvalue weighted by atomic mass is 16.5. The molecule has 0 N–H and O–H groups in total. The number of fused-ring (bicyclic) bond motifs is 2.